The third kappa shape index (κ3) is 6.85. The summed E-state index contributed by atoms with van der Waals surface area (Å²) in [6, 6.07) is 15.7. The number of carbonyl (C=O) groups is 2. The molecule has 3 rings (SSSR count). The molecule has 0 aliphatic carbocycles. The maximum atomic E-state index is 13.1. The molecule has 0 N–H and O–H groups in total. The molecule has 1 atom stereocenters. The average molecular weight is 451 g/mol. The zero-order valence-corrected chi connectivity index (χ0v) is 20.0. The number of ether oxygens (including phenoxy) is 2. The van der Waals surface area contributed by atoms with E-state index in [2.05, 4.69) is 6.58 Å². The second kappa shape index (κ2) is 10.6. The number of nitrogens with zero attached hydrogens (tertiary/aromatic N) is 2. The van der Waals surface area contributed by atoms with Crippen molar-refractivity contribution in [3.8, 4) is 5.75 Å². The zero-order chi connectivity index (χ0) is 24.0. The first-order valence-corrected chi connectivity index (χ1v) is 11.3. The smallest absolute Gasteiger partial charge is 0.410 e. The second-order valence-electron chi connectivity index (χ2n) is 9.40. The lowest BCUT2D eigenvalue weighted by Gasteiger charge is -2.28. The first kappa shape index (κ1) is 24.4. The molecule has 176 valence electrons. The lowest BCUT2D eigenvalue weighted by Crippen LogP contribution is -2.42. The second-order valence-corrected chi connectivity index (χ2v) is 9.40. The Morgan fingerprint density at radius 1 is 1.18 bits per heavy atom. The normalized spacial score (nSPS) is 15.8. The fourth-order valence-corrected chi connectivity index (χ4v) is 3.78. The number of hydrogen-bond donors (Lipinski definition) is 0. The molecule has 0 unspecified atom stereocenters. The molecule has 0 aromatic heterocycles. The molecule has 2 amide bonds. The lowest BCUT2D eigenvalue weighted by atomic mass is 10.1. The van der Waals surface area contributed by atoms with Crippen LogP contribution >= 0.6 is 0 Å². The third-order valence-corrected chi connectivity index (χ3v) is 5.64. The monoisotopic (exact) mass is 450 g/mol. The van der Waals surface area contributed by atoms with Gasteiger partial charge in [0.05, 0.1) is 12.5 Å². The van der Waals surface area contributed by atoms with E-state index in [4.69, 9.17) is 9.47 Å². The summed E-state index contributed by atoms with van der Waals surface area (Å²) in [7, 11) is 1.73. The van der Waals surface area contributed by atoms with Gasteiger partial charge in [-0.05, 0) is 50.5 Å². The molecule has 33 heavy (non-hydrogen) atoms. The summed E-state index contributed by atoms with van der Waals surface area (Å²) in [6.45, 7) is 10.9. The van der Waals surface area contributed by atoms with E-state index in [9.17, 15) is 9.59 Å². The maximum Gasteiger partial charge on any atom is 0.410 e. The van der Waals surface area contributed by atoms with Crippen LogP contribution < -0.4 is 4.74 Å². The number of hydrogen-bond acceptors (Lipinski definition) is 4. The van der Waals surface area contributed by atoms with Crippen LogP contribution in [0.2, 0.25) is 0 Å². The molecule has 6 heteroatoms. The zero-order valence-electron chi connectivity index (χ0n) is 20.0. The Morgan fingerprint density at radius 2 is 1.91 bits per heavy atom. The van der Waals surface area contributed by atoms with Crippen LogP contribution in [-0.4, -0.2) is 53.6 Å². The van der Waals surface area contributed by atoms with Crippen molar-refractivity contribution in [2.75, 3.05) is 20.1 Å². The predicted molar refractivity (Wildman–Crippen MR) is 130 cm³/mol. The number of amides is 2. The van der Waals surface area contributed by atoms with Crippen molar-refractivity contribution < 1.29 is 19.1 Å². The Hall–Kier alpha value is -3.28. The van der Waals surface area contributed by atoms with Crippen LogP contribution in [0.15, 0.2) is 55.1 Å². The number of benzene rings is 2. The van der Waals surface area contributed by atoms with Crippen LogP contribution in [0.5, 0.6) is 5.75 Å². The van der Waals surface area contributed by atoms with Crippen molar-refractivity contribution in [3.05, 3.63) is 71.8 Å². The van der Waals surface area contributed by atoms with E-state index in [0.717, 1.165) is 23.1 Å². The Morgan fingerprint density at radius 3 is 2.58 bits per heavy atom. The largest absolute Gasteiger partial charge is 0.489 e. The molecule has 0 bridgehead atoms. The Bertz CT molecular complexity index is 981. The highest BCUT2D eigenvalue weighted by atomic mass is 16.6. The Balaban J connectivity index is 1.64. The fraction of sp³-hybridized carbons (Fsp3) is 0.407. The van der Waals surface area contributed by atoms with Crippen LogP contribution in [0, 0.1) is 0 Å². The molecule has 1 aliphatic heterocycles. The molecule has 6 nitrogen and oxygen atoms in total. The van der Waals surface area contributed by atoms with Gasteiger partial charge in [-0.3, -0.25) is 4.79 Å². The van der Waals surface area contributed by atoms with E-state index in [1.54, 1.807) is 18.0 Å². The highest BCUT2D eigenvalue weighted by Crippen LogP contribution is 2.25. The van der Waals surface area contributed by atoms with Gasteiger partial charge < -0.3 is 19.3 Å². The van der Waals surface area contributed by atoms with Gasteiger partial charge in [-0.15, -0.1) is 0 Å². The van der Waals surface area contributed by atoms with Gasteiger partial charge >= 0.3 is 6.09 Å². The highest BCUT2D eigenvalue weighted by molar-refractivity contribution is 5.80. The molecular weight excluding hydrogens is 416 g/mol. The van der Waals surface area contributed by atoms with Crippen molar-refractivity contribution in [2.45, 2.75) is 51.9 Å². The minimum Gasteiger partial charge on any atom is -0.489 e. The van der Waals surface area contributed by atoms with Crippen LogP contribution in [0.25, 0.3) is 6.08 Å². The molecule has 0 spiro atoms. The summed E-state index contributed by atoms with van der Waals surface area (Å²) >= 11 is 0. The van der Waals surface area contributed by atoms with Crippen molar-refractivity contribution in [1.82, 2.24) is 9.80 Å². The van der Waals surface area contributed by atoms with Gasteiger partial charge in [0.2, 0.25) is 5.91 Å². The van der Waals surface area contributed by atoms with Crippen LogP contribution in [0.1, 0.15) is 43.9 Å². The maximum absolute atomic E-state index is 13.1. The van der Waals surface area contributed by atoms with E-state index in [-0.39, 0.29) is 24.5 Å². The van der Waals surface area contributed by atoms with Crippen molar-refractivity contribution in [3.63, 3.8) is 0 Å². The summed E-state index contributed by atoms with van der Waals surface area (Å²) in [6.07, 6.45) is 2.36. The van der Waals surface area contributed by atoms with Crippen molar-refractivity contribution >= 4 is 18.1 Å². The molecule has 2 aromatic rings. The van der Waals surface area contributed by atoms with Gasteiger partial charge in [0.25, 0.3) is 0 Å². The molecule has 0 radical (unpaired) electrons. The molecule has 1 aliphatic rings. The van der Waals surface area contributed by atoms with Crippen LogP contribution in [0.3, 0.4) is 0 Å². The molecule has 1 heterocycles. The minimum atomic E-state index is -0.550. The van der Waals surface area contributed by atoms with Gasteiger partial charge in [-0.25, -0.2) is 4.79 Å². The molecule has 2 aromatic carbocycles. The first-order chi connectivity index (χ1) is 15.7. The molecule has 1 fully saturated rings. The highest BCUT2D eigenvalue weighted by Gasteiger charge is 2.33. The number of likely N-dealkylation sites (N-methyl/N-ethyl adjacent to an activating group) is 1. The molecule has 1 saturated heterocycles. The standard InChI is InChI=1S/C27H34N2O4/c1-6-20-12-13-24(32-19-21-10-8-7-9-11-21)22(16-20)17-25(30)29-15-14-23(18-29)28(5)26(31)33-27(2,3)4/h6-13,16,23H,1,14-15,17-19H2,2-5H3/t23-/m0/s1. The summed E-state index contributed by atoms with van der Waals surface area (Å²) in [4.78, 5) is 28.9. The van der Waals surface area contributed by atoms with Gasteiger partial charge in [0.15, 0.2) is 0 Å². The SMILES string of the molecule is C=Cc1ccc(OCc2ccccc2)c(CC(=O)N2CC[C@H](N(C)C(=O)OC(C)(C)C)C2)c1. The van der Waals surface area contributed by atoms with Gasteiger partial charge in [-0.1, -0.05) is 49.1 Å². The van der Waals surface area contributed by atoms with Crippen molar-refractivity contribution in [1.29, 1.82) is 0 Å². The third-order valence-electron chi connectivity index (χ3n) is 5.64. The molecular formula is C27H34N2O4. The van der Waals surface area contributed by atoms with Gasteiger partial charge in [0.1, 0.15) is 18.0 Å². The van der Waals surface area contributed by atoms with E-state index in [1.165, 1.54) is 0 Å². The summed E-state index contributed by atoms with van der Waals surface area (Å²) in [5.74, 6) is 0.709. The summed E-state index contributed by atoms with van der Waals surface area (Å²) < 4.78 is 11.5. The quantitative estimate of drug-likeness (QED) is 0.601. The fourth-order valence-electron chi connectivity index (χ4n) is 3.78. The van der Waals surface area contributed by atoms with E-state index < -0.39 is 5.60 Å². The lowest BCUT2D eigenvalue weighted by molar-refractivity contribution is -0.129. The first-order valence-electron chi connectivity index (χ1n) is 11.3. The van der Waals surface area contributed by atoms with Crippen LogP contribution in [0.4, 0.5) is 4.79 Å². The van der Waals surface area contributed by atoms with Crippen LogP contribution in [-0.2, 0) is 22.6 Å². The Kier molecular flexibility index (Phi) is 7.79. The minimum absolute atomic E-state index is 0.0147. The number of rotatable bonds is 7. The van der Waals surface area contributed by atoms with E-state index in [1.807, 2.05) is 74.2 Å². The summed E-state index contributed by atoms with van der Waals surface area (Å²) in [5.41, 5.74) is 2.28. The number of carbonyl (C=O) groups excluding carboxylic acids is 2. The molecule has 0 saturated carbocycles. The topological polar surface area (TPSA) is 59.1 Å². The van der Waals surface area contributed by atoms with Crippen molar-refractivity contribution in [2.24, 2.45) is 0 Å². The van der Waals surface area contributed by atoms with Gasteiger partial charge in [0, 0.05) is 25.7 Å². The van der Waals surface area contributed by atoms with E-state index >= 15 is 0 Å². The Labute approximate surface area is 196 Å². The number of likely N-dealkylation sites (tertiary alicyclic amines) is 1. The predicted octanol–water partition coefficient (Wildman–Crippen LogP) is 4.92. The average Bonchev–Trinajstić information content (AvgIpc) is 3.27. The van der Waals surface area contributed by atoms with E-state index in [0.29, 0.717) is 25.4 Å². The summed E-state index contributed by atoms with van der Waals surface area (Å²) in [5, 5.41) is 0. The van der Waals surface area contributed by atoms with Gasteiger partial charge in [-0.2, -0.15) is 0 Å².